The standard InChI is InChI=1S/C43H44NO5/c1-5-15-33(16-6-1)28-45-32-39-40(46-29-34-17-7-2-8-18-34)41(47-30-35-19-9-3-10-20-35)42(48-31-36-21-11-4-12-22-36)43(49-39)44-26-25-37-23-13-14-24-38(37)27-44/h1-24,27,39-43H,25-26,28-32H2/q+1/t39-,40-,41+,42-,43-/m1/s1. The van der Waals surface area contributed by atoms with Crippen molar-refractivity contribution in [1.82, 2.24) is 0 Å². The first kappa shape index (κ1) is 33.1. The van der Waals surface area contributed by atoms with Crippen LogP contribution in [0.1, 0.15) is 33.4 Å². The molecule has 49 heavy (non-hydrogen) atoms. The van der Waals surface area contributed by atoms with Gasteiger partial charge in [0.25, 0.3) is 6.23 Å². The van der Waals surface area contributed by atoms with Crippen molar-refractivity contribution in [1.29, 1.82) is 0 Å². The van der Waals surface area contributed by atoms with Crippen LogP contribution in [0.25, 0.3) is 0 Å². The van der Waals surface area contributed by atoms with Crippen LogP contribution in [0.5, 0.6) is 0 Å². The van der Waals surface area contributed by atoms with Crippen molar-refractivity contribution in [3.8, 4) is 0 Å². The largest absolute Gasteiger partial charge is 0.374 e. The summed E-state index contributed by atoms with van der Waals surface area (Å²) in [4.78, 5) is 0. The molecular formula is C43H44NO5+. The van der Waals surface area contributed by atoms with Crippen molar-refractivity contribution >= 4 is 6.21 Å². The lowest BCUT2D eigenvalue weighted by molar-refractivity contribution is -0.636. The number of fused-ring (bicyclic) bond motifs is 1. The summed E-state index contributed by atoms with van der Waals surface area (Å²) in [6, 6.07) is 49.6. The predicted molar refractivity (Wildman–Crippen MR) is 190 cm³/mol. The van der Waals surface area contributed by atoms with E-state index in [1.54, 1.807) is 0 Å². The highest BCUT2D eigenvalue weighted by Crippen LogP contribution is 2.32. The zero-order valence-electron chi connectivity index (χ0n) is 27.8. The van der Waals surface area contributed by atoms with Crippen LogP contribution in [0.3, 0.4) is 0 Å². The Kier molecular flexibility index (Phi) is 11.3. The molecule has 6 nitrogen and oxygen atoms in total. The molecule has 250 valence electrons. The highest BCUT2D eigenvalue weighted by molar-refractivity contribution is 5.78. The summed E-state index contributed by atoms with van der Waals surface area (Å²) < 4.78 is 36.4. The lowest BCUT2D eigenvalue weighted by Gasteiger charge is -2.44. The first-order chi connectivity index (χ1) is 24.3. The number of hydrogen-bond acceptors (Lipinski definition) is 5. The third-order valence-corrected chi connectivity index (χ3v) is 9.19. The molecule has 5 aromatic rings. The van der Waals surface area contributed by atoms with Gasteiger partial charge < -0.3 is 23.7 Å². The molecule has 0 N–H and O–H groups in total. The summed E-state index contributed by atoms with van der Waals surface area (Å²) in [6.07, 6.45) is 0.896. The van der Waals surface area contributed by atoms with Gasteiger partial charge in [-0.05, 0) is 33.9 Å². The minimum atomic E-state index is -0.464. The molecule has 0 radical (unpaired) electrons. The summed E-state index contributed by atoms with van der Waals surface area (Å²) in [5.74, 6) is 0. The van der Waals surface area contributed by atoms with Gasteiger partial charge in [0.05, 0.1) is 33.0 Å². The van der Waals surface area contributed by atoms with Crippen LogP contribution in [-0.4, -0.2) is 54.6 Å². The third-order valence-electron chi connectivity index (χ3n) is 9.19. The number of ether oxygens (including phenoxy) is 5. The van der Waals surface area contributed by atoms with Crippen LogP contribution in [0.15, 0.2) is 146 Å². The Labute approximate surface area is 289 Å². The van der Waals surface area contributed by atoms with Crippen molar-refractivity contribution in [3.63, 3.8) is 0 Å². The van der Waals surface area contributed by atoms with Gasteiger partial charge in [-0.15, -0.1) is 0 Å². The number of nitrogens with zero attached hydrogens (tertiary/aromatic N) is 1. The second kappa shape index (κ2) is 16.8. The van der Waals surface area contributed by atoms with Gasteiger partial charge in [0.2, 0.25) is 0 Å². The molecule has 0 saturated carbocycles. The summed E-state index contributed by atoms with van der Waals surface area (Å²) in [7, 11) is 0. The van der Waals surface area contributed by atoms with Gasteiger partial charge in [-0.2, -0.15) is 0 Å². The molecule has 1 fully saturated rings. The summed E-state index contributed by atoms with van der Waals surface area (Å²) >= 11 is 0. The number of benzene rings is 5. The van der Waals surface area contributed by atoms with E-state index < -0.39 is 30.6 Å². The zero-order valence-corrected chi connectivity index (χ0v) is 27.8. The molecule has 5 atom stereocenters. The van der Waals surface area contributed by atoms with Crippen LogP contribution < -0.4 is 0 Å². The lowest BCUT2D eigenvalue weighted by atomic mass is 9.95. The Morgan fingerprint density at radius 3 is 1.55 bits per heavy atom. The second-order valence-corrected chi connectivity index (χ2v) is 12.7. The molecule has 2 aliphatic rings. The number of hydrogen-bond donors (Lipinski definition) is 0. The van der Waals surface area contributed by atoms with E-state index in [1.807, 2.05) is 72.8 Å². The van der Waals surface area contributed by atoms with E-state index in [1.165, 1.54) is 11.1 Å². The molecule has 2 heterocycles. The average Bonchev–Trinajstić information content (AvgIpc) is 3.17. The number of rotatable bonds is 14. The quantitative estimate of drug-likeness (QED) is 0.117. The first-order valence-corrected chi connectivity index (χ1v) is 17.2. The van der Waals surface area contributed by atoms with Crippen molar-refractivity contribution in [3.05, 3.63) is 179 Å². The van der Waals surface area contributed by atoms with E-state index in [9.17, 15) is 0 Å². The Hall–Kier alpha value is -4.43. The molecule has 0 unspecified atom stereocenters. The smallest absolute Gasteiger partial charge is 0.287 e. The van der Waals surface area contributed by atoms with Gasteiger partial charge in [0.15, 0.2) is 12.3 Å². The van der Waals surface area contributed by atoms with Crippen LogP contribution in [0.2, 0.25) is 0 Å². The van der Waals surface area contributed by atoms with E-state index in [2.05, 4.69) is 83.6 Å². The van der Waals surface area contributed by atoms with Gasteiger partial charge in [-0.1, -0.05) is 140 Å². The Balaban J connectivity index is 1.24. The van der Waals surface area contributed by atoms with Gasteiger partial charge in [0.1, 0.15) is 24.9 Å². The fourth-order valence-corrected chi connectivity index (χ4v) is 6.61. The van der Waals surface area contributed by atoms with E-state index >= 15 is 0 Å². The maximum atomic E-state index is 7.10. The highest BCUT2D eigenvalue weighted by Gasteiger charge is 2.53. The van der Waals surface area contributed by atoms with Gasteiger partial charge >= 0.3 is 0 Å². The molecule has 0 aliphatic carbocycles. The van der Waals surface area contributed by atoms with E-state index in [4.69, 9.17) is 23.7 Å². The minimum Gasteiger partial charge on any atom is -0.374 e. The fourth-order valence-electron chi connectivity index (χ4n) is 6.61. The maximum Gasteiger partial charge on any atom is 0.287 e. The molecular weight excluding hydrogens is 610 g/mol. The lowest BCUT2D eigenvalue weighted by Crippen LogP contribution is -2.64. The Morgan fingerprint density at radius 2 is 0.980 bits per heavy atom. The molecule has 2 aliphatic heterocycles. The van der Waals surface area contributed by atoms with Crippen LogP contribution >= 0.6 is 0 Å². The summed E-state index contributed by atoms with van der Waals surface area (Å²) in [5.41, 5.74) is 6.90. The highest BCUT2D eigenvalue weighted by atomic mass is 16.6. The van der Waals surface area contributed by atoms with Crippen molar-refractivity contribution in [2.45, 2.75) is 63.5 Å². The van der Waals surface area contributed by atoms with E-state index in [0.29, 0.717) is 33.0 Å². The summed E-state index contributed by atoms with van der Waals surface area (Å²) in [6.45, 7) is 2.86. The normalized spacial score (nSPS) is 21.9. The van der Waals surface area contributed by atoms with Gasteiger partial charge in [0, 0.05) is 12.0 Å². The Morgan fingerprint density at radius 1 is 0.510 bits per heavy atom. The molecule has 7 rings (SSSR count). The molecule has 1 saturated heterocycles. The SMILES string of the molecule is C1=[N+]([C@@H]2O[C@H](COCc3ccccc3)[C@@H](OCc3ccccc3)[C@H](OCc3ccccc3)[C@H]2OCc2ccccc2)CCc2ccccc21. The maximum absolute atomic E-state index is 7.10. The van der Waals surface area contributed by atoms with E-state index in [-0.39, 0.29) is 0 Å². The molecule has 0 amide bonds. The minimum absolute atomic E-state index is 0.339. The predicted octanol–water partition coefficient (Wildman–Crippen LogP) is 7.37. The van der Waals surface area contributed by atoms with Crippen molar-refractivity contribution in [2.24, 2.45) is 0 Å². The van der Waals surface area contributed by atoms with E-state index in [0.717, 1.165) is 35.2 Å². The van der Waals surface area contributed by atoms with Crippen LogP contribution in [0.4, 0.5) is 0 Å². The third kappa shape index (κ3) is 8.79. The van der Waals surface area contributed by atoms with Crippen molar-refractivity contribution in [2.75, 3.05) is 13.2 Å². The molecule has 5 aromatic carbocycles. The van der Waals surface area contributed by atoms with Crippen molar-refractivity contribution < 1.29 is 28.3 Å². The zero-order chi connectivity index (χ0) is 33.1. The molecule has 6 heteroatoms. The Bertz CT molecular complexity index is 1750. The molecule has 0 spiro atoms. The molecule has 0 aromatic heterocycles. The van der Waals surface area contributed by atoms with Crippen LogP contribution in [0, 0.1) is 0 Å². The average molecular weight is 655 g/mol. The molecule has 0 bridgehead atoms. The second-order valence-electron chi connectivity index (χ2n) is 12.7. The van der Waals surface area contributed by atoms with Gasteiger partial charge in [-0.3, -0.25) is 0 Å². The van der Waals surface area contributed by atoms with Gasteiger partial charge in [-0.25, -0.2) is 4.58 Å². The monoisotopic (exact) mass is 654 g/mol. The summed E-state index contributed by atoms with van der Waals surface area (Å²) in [5, 5.41) is 0. The topological polar surface area (TPSA) is 49.2 Å². The fraction of sp³-hybridized carbons (Fsp3) is 0.279. The first-order valence-electron chi connectivity index (χ1n) is 17.2. The van der Waals surface area contributed by atoms with Crippen LogP contribution in [-0.2, 0) is 56.5 Å².